The summed E-state index contributed by atoms with van der Waals surface area (Å²) in [6.45, 7) is 10.7. The fourth-order valence-electron chi connectivity index (χ4n) is 0.746. The van der Waals surface area contributed by atoms with Crippen molar-refractivity contribution in [2.24, 2.45) is 0 Å². The van der Waals surface area contributed by atoms with Gasteiger partial charge in [0.2, 0.25) is 5.89 Å². The number of ether oxygens (including phenoxy) is 1. The fourth-order valence-corrected chi connectivity index (χ4v) is 0.746. The predicted molar refractivity (Wildman–Crippen MR) is 59.7 cm³/mol. The molecule has 0 bridgehead atoms. The van der Waals surface area contributed by atoms with Crippen LogP contribution in [0.3, 0.4) is 0 Å². The van der Waals surface area contributed by atoms with E-state index in [0.29, 0.717) is 18.3 Å². The molecule has 0 aliphatic carbocycles. The van der Waals surface area contributed by atoms with Crippen LogP contribution in [0.25, 0.3) is 0 Å². The second-order valence-electron chi connectivity index (χ2n) is 4.41. The molecule has 88 valence electrons. The second kappa shape index (κ2) is 6.56. The van der Waals surface area contributed by atoms with Gasteiger partial charge in [-0.1, -0.05) is 46.2 Å². The van der Waals surface area contributed by atoms with Crippen molar-refractivity contribution >= 4 is 0 Å². The lowest BCUT2D eigenvalue weighted by Gasteiger charge is -2.10. The second-order valence-corrected chi connectivity index (χ2v) is 4.41. The van der Waals surface area contributed by atoms with Gasteiger partial charge >= 0.3 is 0 Å². The molecular formula is C11H22N2O2. The van der Waals surface area contributed by atoms with Crippen molar-refractivity contribution in [2.75, 3.05) is 7.11 Å². The Labute approximate surface area is 92.0 Å². The van der Waals surface area contributed by atoms with Gasteiger partial charge in [0.1, 0.15) is 6.61 Å². The predicted octanol–water partition coefficient (Wildman–Crippen LogP) is 2.93. The highest BCUT2D eigenvalue weighted by Gasteiger charge is 2.21. The lowest BCUT2D eigenvalue weighted by Crippen LogP contribution is -2.11. The number of hydrogen-bond acceptors (Lipinski definition) is 4. The van der Waals surface area contributed by atoms with E-state index >= 15 is 0 Å². The van der Waals surface area contributed by atoms with Gasteiger partial charge in [0.05, 0.1) is 0 Å². The first-order chi connectivity index (χ1) is 6.95. The van der Waals surface area contributed by atoms with E-state index in [2.05, 4.69) is 24.0 Å². The van der Waals surface area contributed by atoms with Crippen molar-refractivity contribution in [1.29, 1.82) is 0 Å². The van der Waals surface area contributed by atoms with E-state index in [1.807, 2.05) is 20.8 Å². The lowest BCUT2D eigenvalue weighted by atomic mass is 9.97. The molecule has 4 heteroatoms. The molecule has 0 aliphatic heterocycles. The molecule has 1 aromatic rings. The molecule has 1 aromatic heterocycles. The van der Waals surface area contributed by atoms with Gasteiger partial charge in [-0.05, 0) is 0 Å². The molecule has 15 heavy (non-hydrogen) atoms. The minimum absolute atomic E-state index is 0.0843. The van der Waals surface area contributed by atoms with E-state index in [0.717, 1.165) is 0 Å². The normalized spacial score (nSPS) is 10.8. The minimum atomic E-state index is -0.0843. The first-order valence-corrected chi connectivity index (χ1v) is 5.27. The van der Waals surface area contributed by atoms with E-state index in [1.165, 1.54) is 6.42 Å². The molecule has 0 amide bonds. The summed E-state index contributed by atoms with van der Waals surface area (Å²) < 4.78 is 9.91. The quantitative estimate of drug-likeness (QED) is 0.759. The molecule has 0 N–H and O–H groups in total. The SMILES string of the molecule is CCC.COCc1noc(C(C)(C)C)n1. The molecule has 0 saturated carbocycles. The molecular weight excluding hydrogens is 192 g/mol. The minimum Gasteiger partial charge on any atom is -0.377 e. The van der Waals surface area contributed by atoms with Crippen LogP contribution in [0.1, 0.15) is 52.8 Å². The summed E-state index contributed by atoms with van der Waals surface area (Å²) in [6, 6.07) is 0. The molecule has 0 aromatic carbocycles. The van der Waals surface area contributed by atoms with Gasteiger partial charge in [-0.3, -0.25) is 0 Å². The van der Waals surface area contributed by atoms with E-state index in [-0.39, 0.29) is 5.41 Å². The van der Waals surface area contributed by atoms with Crippen LogP contribution >= 0.6 is 0 Å². The molecule has 0 atom stereocenters. The highest BCUT2D eigenvalue weighted by molar-refractivity contribution is 4.97. The van der Waals surface area contributed by atoms with Gasteiger partial charge in [-0.15, -0.1) is 0 Å². The van der Waals surface area contributed by atoms with Crippen molar-refractivity contribution in [1.82, 2.24) is 10.1 Å². The van der Waals surface area contributed by atoms with Gasteiger partial charge in [0, 0.05) is 12.5 Å². The van der Waals surface area contributed by atoms with Crippen LogP contribution in [0.15, 0.2) is 4.52 Å². The van der Waals surface area contributed by atoms with Crippen LogP contribution in [0.4, 0.5) is 0 Å². The Morgan fingerprint density at radius 2 is 1.80 bits per heavy atom. The molecule has 1 heterocycles. The summed E-state index contributed by atoms with van der Waals surface area (Å²) in [5, 5.41) is 3.76. The Hall–Kier alpha value is -0.900. The number of hydrogen-bond donors (Lipinski definition) is 0. The summed E-state index contributed by atoms with van der Waals surface area (Å²) in [5.41, 5.74) is -0.0843. The molecule has 4 nitrogen and oxygen atoms in total. The maximum absolute atomic E-state index is 5.04. The average molecular weight is 214 g/mol. The summed E-state index contributed by atoms with van der Waals surface area (Å²) in [7, 11) is 1.60. The van der Waals surface area contributed by atoms with Crippen LogP contribution < -0.4 is 0 Å². The zero-order valence-electron chi connectivity index (χ0n) is 10.6. The van der Waals surface area contributed by atoms with Crippen molar-refractivity contribution < 1.29 is 9.26 Å². The Balaban J connectivity index is 0.000000583. The standard InChI is InChI=1S/C8H14N2O2.C3H8/c1-8(2,3)7-9-6(5-11-4)10-12-7;1-3-2/h5H2,1-4H3;3H2,1-2H3. The Kier molecular flexibility index (Phi) is 6.17. The topological polar surface area (TPSA) is 48.2 Å². The third-order valence-corrected chi connectivity index (χ3v) is 1.38. The number of aromatic nitrogens is 2. The number of nitrogens with zero attached hydrogens (tertiary/aromatic N) is 2. The fraction of sp³-hybridized carbons (Fsp3) is 0.818. The van der Waals surface area contributed by atoms with Gasteiger partial charge in [0.25, 0.3) is 0 Å². The van der Waals surface area contributed by atoms with Crippen LogP contribution in [-0.2, 0) is 16.8 Å². The highest BCUT2D eigenvalue weighted by Crippen LogP contribution is 2.19. The van der Waals surface area contributed by atoms with Crippen molar-refractivity contribution in [3.8, 4) is 0 Å². The summed E-state index contributed by atoms with van der Waals surface area (Å²) in [5.74, 6) is 1.25. The maximum Gasteiger partial charge on any atom is 0.232 e. The van der Waals surface area contributed by atoms with E-state index in [1.54, 1.807) is 7.11 Å². The van der Waals surface area contributed by atoms with Crippen molar-refractivity contribution in [3.05, 3.63) is 11.7 Å². The average Bonchev–Trinajstić information content (AvgIpc) is 2.54. The third kappa shape index (κ3) is 5.52. The van der Waals surface area contributed by atoms with Gasteiger partial charge in [-0.25, -0.2) is 0 Å². The zero-order chi connectivity index (χ0) is 11.9. The Morgan fingerprint density at radius 3 is 2.13 bits per heavy atom. The molecule has 0 unspecified atom stereocenters. The lowest BCUT2D eigenvalue weighted by molar-refractivity contribution is 0.174. The van der Waals surface area contributed by atoms with Gasteiger partial charge in [-0.2, -0.15) is 4.98 Å². The zero-order valence-corrected chi connectivity index (χ0v) is 10.6. The maximum atomic E-state index is 5.04. The highest BCUT2D eigenvalue weighted by atomic mass is 16.5. The first kappa shape index (κ1) is 14.1. The van der Waals surface area contributed by atoms with Crippen LogP contribution in [0, 0.1) is 0 Å². The van der Waals surface area contributed by atoms with Crippen molar-refractivity contribution in [2.45, 2.75) is 53.1 Å². The monoisotopic (exact) mass is 214 g/mol. The summed E-state index contributed by atoms with van der Waals surface area (Å²) in [6.07, 6.45) is 1.25. The van der Waals surface area contributed by atoms with E-state index in [4.69, 9.17) is 9.26 Å². The number of rotatable bonds is 2. The van der Waals surface area contributed by atoms with Crippen LogP contribution in [-0.4, -0.2) is 17.3 Å². The molecule has 0 aliphatic rings. The number of methoxy groups -OCH3 is 1. The molecule has 1 rings (SSSR count). The Bertz CT molecular complexity index is 264. The van der Waals surface area contributed by atoms with Gasteiger partial charge in [0.15, 0.2) is 5.82 Å². The van der Waals surface area contributed by atoms with E-state index in [9.17, 15) is 0 Å². The first-order valence-electron chi connectivity index (χ1n) is 5.27. The van der Waals surface area contributed by atoms with Crippen molar-refractivity contribution in [3.63, 3.8) is 0 Å². The summed E-state index contributed by atoms with van der Waals surface area (Å²) in [4.78, 5) is 4.17. The van der Waals surface area contributed by atoms with Gasteiger partial charge < -0.3 is 9.26 Å². The third-order valence-electron chi connectivity index (χ3n) is 1.38. The van der Waals surface area contributed by atoms with Crippen LogP contribution in [0.5, 0.6) is 0 Å². The molecule has 0 fully saturated rings. The molecule has 0 radical (unpaired) electrons. The van der Waals surface area contributed by atoms with Crippen LogP contribution in [0.2, 0.25) is 0 Å². The smallest absolute Gasteiger partial charge is 0.232 e. The van der Waals surface area contributed by atoms with E-state index < -0.39 is 0 Å². The largest absolute Gasteiger partial charge is 0.377 e. The molecule has 0 spiro atoms. The summed E-state index contributed by atoms with van der Waals surface area (Å²) >= 11 is 0. The molecule has 0 saturated heterocycles. The Morgan fingerprint density at radius 1 is 1.27 bits per heavy atom.